The second-order valence-electron chi connectivity index (χ2n) is 2.55. The molecule has 8 nitrogen and oxygen atoms in total. The third kappa shape index (κ3) is 18.8. The minimum Gasteiger partial charge on any atom is -1.00 e. The number of hydrogen-bond acceptors (Lipinski definition) is 5. The van der Waals surface area contributed by atoms with Crippen LogP contribution in [0, 0.1) is 0 Å². The van der Waals surface area contributed by atoms with E-state index >= 15 is 0 Å². The summed E-state index contributed by atoms with van der Waals surface area (Å²) in [7, 11) is 0. The molecular formula is C7H17MgN3O5. The Morgan fingerprint density at radius 3 is 1.81 bits per heavy atom. The van der Waals surface area contributed by atoms with Crippen molar-refractivity contribution in [2.24, 2.45) is 17.2 Å². The topological polar surface area (TPSA) is 170 Å². The van der Waals surface area contributed by atoms with Crippen molar-refractivity contribution in [3.63, 3.8) is 0 Å². The number of carboxylic acid groups (broad SMARTS) is 2. The van der Waals surface area contributed by atoms with Gasteiger partial charge in [-0.25, -0.2) is 0 Å². The van der Waals surface area contributed by atoms with E-state index in [-0.39, 0.29) is 45.3 Å². The predicted octanol–water partition coefficient (Wildman–Crippen LogP) is -2.46. The number of amides is 1. The van der Waals surface area contributed by atoms with Crippen molar-refractivity contribution in [3.05, 3.63) is 0 Å². The van der Waals surface area contributed by atoms with Crippen LogP contribution in [0.25, 0.3) is 0 Å². The van der Waals surface area contributed by atoms with Gasteiger partial charge in [0.1, 0.15) is 6.04 Å². The second kappa shape index (κ2) is 12.2. The van der Waals surface area contributed by atoms with Gasteiger partial charge in [-0.2, -0.15) is 0 Å². The summed E-state index contributed by atoms with van der Waals surface area (Å²) in [5, 5.41) is 15.8. The maximum Gasteiger partial charge on any atom is 2.00 e. The summed E-state index contributed by atoms with van der Waals surface area (Å²) in [4.78, 5) is 29.4. The molecule has 0 aliphatic rings. The number of nitrogens with two attached hydrogens (primary N) is 3. The molecule has 0 rings (SSSR count). The molecule has 0 aliphatic heterocycles. The average Bonchev–Trinajstić information content (AvgIpc) is 2.14. The van der Waals surface area contributed by atoms with Gasteiger partial charge in [0.05, 0.1) is 6.54 Å². The molecule has 1 amide bonds. The molecule has 0 bridgehead atoms. The van der Waals surface area contributed by atoms with Crippen LogP contribution in [0.3, 0.4) is 0 Å². The molecule has 0 aromatic heterocycles. The number of primary amides is 1. The molecular weight excluding hydrogens is 230 g/mol. The Morgan fingerprint density at radius 1 is 1.25 bits per heavy atom. The van der Waals surface area contributed by atoms with Crippen molar-refractivity contribution in [1.82, 2.24) is 0 Å². The van der Waals surface area contributed by atoms with Gasteiger partial charge in [0.15, 0.2) is 0 Å². The van der Waals surface area contributed by atoms with E-state index in [2.05, 4.69) is 5.73 Å². The zero-order chi connectivity index (χ0) is 12.4. The third-order valence-corrected chi connectivity index (χ3v) is 1.19. The molecule has 0 aliphatic carbocycles. The van der Waals surface area contributed by atoms with E-state index in [0.717, 1.165) is 0 Å². The first kappa shape index (κ1) is 20.5. The zero-order valence-electron chi connectivity index (χ0n) is 10.8. The number of carboxylic acids is 2. The molecule has 0 heterocycles. The fourth-order valence-electron chi connectivity index (χ4n) is 0.421. The Balaban J connectivity index is -0.0000000621. The monoisotopic (exact) mass is 247 g/mol. The first-order valence-electron chi connectivity index (χ1n) is 3.99. The Labute approximate surface area is 111 Å². The molecule has 92 valence electrons. The summed E-state index contributed by atoms with van der Waals surface area (Å²) in [6.07, 6.45) is 0.123. The molecule has 0 spiro atoms. The molecule has 0 saturated carbocycles. The van der Waals surface area contributed by atoms with Crippen LogP contribution in [0.15, 0.2) is 0 Å². The van der Waals surface area contributed by atoms with Crippen molar-refractivity contribution < 1.29 is 27.4 Å². The van der Waals surface area contributed by atoms with Crippen molar-refractivity contribution >= 4 is 40.9 Å². The van der Waals surface area contributed by atoms with Crippen LogP contribution in [0.1, 0.15) is 15.7 Å². The second-order valence-corrected chi connectivity index (χ2v) is 2.55. The summed E-state index contributed by atoms with van der Waals surface area (Å²) in [6.45, 7) is -0.278. The van der Waals surface area contributed by atoms with Crippen LogP contribution in [0.5, 0.6) is 0 Å². The molecule has 1 unspecified atom stereocenters. The molecule has 0 aromatic carbocycles. The van der Waals surface area contributed by atoms with Gasteiger partial charge < -0.3 is 30.3 Å². The zero-order valence-corrected chi connectivity index (χ0v) is 10.2. The van der Waals surface area contributed by atoms with Crippen molar-refractivity contribution in [2.75, 3.05) is 6.54 Å². The van der Waals surface area contributed by atoms with Crippen molar-refractivity contribution in [1.29, 1.82) is 0 Å². The van der Waals surface area contributed by atoms with Gasteiger partial charge in [0, 0.05) is 6.42 Å². The Bertz CT molecular complexity index is 245. The number of hydrogen-bond donors (Lipinski definition) is 5. The number of rotatable bonds is 5. The maximum absolute atomic E-state index is 10.1. The van der Waals surface area contributed by atoms with Crippen LogP contribution in [0.4, 0.5) is 0 Å². The molecule has 0 fully saturated rings. The van der Waals surface area contributed by atoms with Crippen LogP contribution in [-0.4, -0.2) is 63.7 Å². The van der Waals surface area contributed by atoms with E-state index in [9.17, 15) is 14.4 Å². The number of aliphatic carboxylic acids is 2. The summed E-state index contributed by atoms with van der Waals surface area (Å²) in [5.41, 5.74) is 14.4. The Hall–Kier alpha value is -0.904. The molecule has 9 heteroatoms. The van der Waals surface area contributed by atoms with Crippen LogP contribution >= 0.6 is 0 Å². The standard InChI is InChI=1S/C5H10N2O3.C2H5NO2.Mg.2H/c6-3(5(9)10)1-2-4(7)8;3-1-2(4)5;;;/h3H,1-2,6H2,(H2,7,8)(H,9,10);1,3H2,(H,4,5);;;/q;;+2;2*-1. The van der Waals surface area contributed by atoms with E-state index < -0.39 is 23.9 Å². The van der Waals surface area contributed by atoms with Gasteiger partial charge in [0.25, 0.3) is 0 Å². The summed E-state index contributed by atoms with van der Waals surface area (Å²) < 4.78 is 0. The first-order valence-corrected chi connectivity index (χ1v) is 3.99. The normalized spacial score (nSPS) is 10.1. The fourth-order valence-corrected chi connectivity index (χ4v) is 0.421. The van der Waals surface area contributed by atoms with Gasteiger partial charge >= 0.3 is 35.0 Å². The van der Waals surface area contributed by atoms with Crippen molar-refractivity contribution in [2.45, 2.75) is 18.9 Å². The molecule has 8 N–H and O–H groups in total. The summed E-state index contributed by atoms with van der Waals surface area (Å²) >= 11 is 0. The maximum atomic E-state index is 10.1. The van der Waals surface area contributed by atoms with Crippen molar-refractivity contribution in [3.8, 4) is 0 Å². The van der Waals surface area contributed by atoms with Gasteiger partial charge in [-0.1, -0.05) is 0 Å². The molecule has 0 aromatic rings. The smallest absolute Gasteiger partial charge is 1.00 e. The van der Waals surface area contributed by atoms with Gasteiger partial charge in [0.2, 0.25) is 5.91 Å². The summed E-state index contributed by atoms with van der Waals surface area (Å²) in [5.74, 6) is -2.61. The predicted molar refractivity (Wildman–Crippen MR) is 58.7 cm³/mol. The molecule has 16 heavy (non-hydrogen) atoms. The average molecular weight is 248 g/mol. The minimum absolute atomic E-state index is 0. The van der Waals surface area contributed by atoms with E-state index in [1.165, 1.54) is 0 Å². The van der Waals surface area contributed by atoms with Gasteiger partial charge in [-0.15, -0.1) is 0 Å². The SMILES string of the molecule is NC(=O)CCC(N)C(=O)O.NCC(=O)O.[H-].[H-].[Mg+2]. The Morgan fingerprint density at radius 2 is 1.62 bits per heavy atom. The fraction of sp³-hybridized carbons (Fsp3) is 0.571. The molecule has 1 atom stereocenters. The quantitative estimate of drug-likeness (QED) is 0.335. The largest absolute Gasteiger partial charge is 2.00 e. The first-order chi connectivity index (χ1) is 6.81. The van der Waals surface area contributed by atoms with Gasteiger partial charge in [-0.3, -0.25) is 14.4 Å². The molecule has 0 radical (unpaired) electrons. The third-order valence-electron chi connectivity index (χ3n) is 1.19. The van der Waals surface area contributed by atoms with Crippen LogP contribution in [0.2, 0.25) is 0 Å². The van der Waals surface area contributed by atoms with E-state index in [1.807, 2.05) is 0 Å². The minimum atomic E-state index is -1.11. The summed E-state index contributed by atoms with van der Waals surface area (Å²) in [6, 6.07) is -0.979. The Kier molecular flexibility index (Phi) is 15.6. The van der Waals surface area contributed by atoms with E-state index in [4.69, 9.17) is 21.7 Å². The van der Waals surface area contributed by atoms with E-state index in [0.29, 0.717) is 0 Å². The number of carbonyl (C=O) groups is 3. The van der Waals surface area contributed by atoms with Crippen LogP contribution in [-0.2, 0) is 14.4 Å². The van der Waals surface area contributed by atoms with Gasteiger partial charge in [-0.05, 0) is 6.42 Å². The number of carbonyl (C=O) groups excluding carboxylic acids is 1. The van der Waals surface area contributed by atoms with E-state index in [1.54, 1.807) is 0 Å². The van der Waals surface area contributed by atoms with Crippen LogP contribution < -0.4 is 17.2 Å². The molecule has 0 saturated heterocycles.